The van der Waals surface area contributed by atoms with Gasteiger partial charge in [0.1, 0.15) is 0 Å². The van der Waals surface area contributed by atoms with Crippen LogP contribution in [0.15, 0.2) is 48.5 Å². The highest BCUT2D eigenvalue weighted by molar-refractivity contribution is 6.31. The Labute approximate surface area is 146 Å². The molecule has 1 saturated heterocycles. The lowest BCUT2D eigenvalue weighted by Crippen LogP contribution is -2.27. The number of rotatable bonds is 4. The minimum Gasteiger partial charge on any atom is -0.345 e. The van der Waals surface area contributed by atoms with Gasteiger partial charge in [-0.15, -0.1) is 0 Å². The van der Waals surface area contributed by atoms with Gasteiger partial charge in [0.05, 0.1) is 6.04 Å². The second-order valence-electron chi connectivity index (χ2n) is 5.91. The summed E-state index contributed by atoms with van der Waals surface area (Å²) in [4.78, 5) is 25.9. The fourth-order valence-corrected chi connectivity index (χ4v) is 3.20. The van der Waals surface area contributed by atoms with E-state index in [-0.39, 0.29) is 17.9 Å². The van der Waals surface area contributed by atoms with E-state index in [4.69, 9.17) is 11.6 Å². The highest BCUT2D eigenvalue weighted by atomic mass is 35.5. The number of nitrogens with one attached hydrogen (secondary N) is 1. The Morgan fingerprint density at radius 2 is 1.88 bits per heavy atom. The first-order chi connectivity index (χ1) is 11.6. The van der Waals surface area contributed by atoms with Crippen molar-refractivity contribution in [1.29, 1.82) is 0 Å². The Bertz CT molecular complexity index is 758. The lowest BCUT2D eigenvalue weighted by molar-refractivity contribution is -0.117. The third-order valence-corrected chi connectivity index (χ3v) is 4.58. The van der Waals surface area contributed by atoms with E-state index in [1.807, 2.05) is 37.3 Å². The molecule has 1 aliphatic heterocycles. The van der Waals surface area contributed by atoms with Crippen molar-refractivity contribution < 1.29 is 9.59 Å². The van der Waals surface area contributed by atoms with Crippen molar-refractivity contribution in [2.45, 2.75) is 25.8 Å². The van der Waals surface area contributed by atoms with E-state index in [0.29, 0.717) is 17.0 Å². The van der Waals surface area contributed by atoms with Crippen LogP contribution < -0.4 is 10.2 Å². The first-order valence-corrected chi connectivity index (χ1v) is 8.40. The average Bonchev–Trinajstić information content (AvgIpc) is 3.01. The molecule has 24 heavy (non-hydrogen) atoms. The van der Waals surface area contributed by atoms with Crippen LogP contribution in [0.5, 0.6) is 0 Å². The van der Waals surface area contributed by atoms with Crippen LogP contribution in [-0.2, 0) is 4.79 Å². The molecule has 0 saturated carbocycles. The van der Waals surface area contributed by atoms with E-state index in [1.165, 1.54) is 0 Å². The van der Waals surface area contributed by atoms with Gasteiger partial charge >= 0.3 is 0 Å². The molecular formula is C19H19ClN2O2. The minimum atomic E-state index is -0.189. The van der Waals surface area contributed by atoms with E-state index in [2.05, 4.69) is 5.32 Å². The Balaban J connectivity index is 1.69. The van der Waals surface area contributed by atoms with Crippen molar-refractivity contribution in [3.63, 3.8) is 0 Å². The summed E-state index contributed by atoms with van der Waals surface area (Å²) in [6.45, 7) is 2.64. The fraction of sp³-hybridized carbons (Fsp3) is 0.263. The predicted octanol–water partition coefficient (Wildman–Crippen LogP) is 3.96. The zero-order chi connectivity index (χ0) is 17.1. The molecule has 0 radical (unpaired) electrons. The largest absolute Gasteiger partial charge is 0.345 e. The number of hydrogen-bond acceptors (Lipinski definition) is 2. The van der Waals surface area contributed by atoms with Crippen LogP contribution in [0.3, 0.4) is 0 Å². The third-order valence-electron chi connectivity index (χ3n) is 4.23. The molecule has 1 fully saturated rings. The van der Waals surface area contributed by atoms with E-state index in [9.17, 15) is 9.59 Å². The molecule has 1 atom stereocenters. The Morgan fingerprint density at radius 1 is 1.17 bits per heavy atom. The van der Waals surface area contributed by atoms with E-state index in [1.54, 1.807) is 23.1 Å². The van der Waals surface area contributed by atoms with Crippen molar-refractivity contribution >= 4 is 29.1 Å². The van der Waals surface area contributed by atoms with Crippen molar-refractivity contribution in [2.75, 3.05) is 11.4 Å². The summed E-state index contributed by atoms with van der Waals surface area (Å²) >= 11 is 6.17. The molecule has 5 heteroatoms. The maximum absolute atomic E-state index is 12.4. The van der Waals surface area contributed by atoms with Crippen molar-refractivity contribution in [1.82, 2.24) is 5.32 Å². The summed E-state index contributed by atoms with van der Waals surface area (Å²) in [6, 6.07) is 14.4. The second-order valence-corrected chi connectivity index (χ2v) is 6.32. The number of hydrogen-bond donors (Lipinski definition) is 1. The summed E-state index contributed by atoms with van der Waals surface area (Å²) in [7, 11) is 0. The van der Waals surface area contributed by atoms with Gasteiger partial charge in [-0.25, -0.2) is 0 Å². The van der Waals surface area contributed by atoms with Gasteiger partial charge in [-0.05, 0) is 49.2 Å². The average molecular weight is 343 g/mol. The van der Waals surface area contributed by atoms with Gasteiger partial charge in [0.15, 0.2) is 0 Å². The second kappa shape index (κ2) is 7.05. The van der Waals surface area contributed by atoms with Gasteiger partial charge in [-0.3, -0.25) is 9.59 Å². The molecule has 1 aliphatic rings. The predicted molar refractivity (Wildman–Crippen MR) is 95.4 cm³/mol. The minimum absolute atomic E-state index is 0.138. The highest BCUT2D eigenvalue weighted by Gasteiger charge is 2.22. The van der Waals surface area contributed by atoms with Crippen LogP contribution in [-0.4, -0.2) is 18.4 Å². The van der Waals surface area contributed by atoms with E-state index < -0.39 is 0 Å². The van der Waals surface area contributed by atoms with Gasteiger partial charge in [0, 0.05) is 29.2 Å². The number of halogens is 1. The van der Waals surface area contributed by atoms with Crippen molar-refractivity contribution in [3.8, 4) is 0 Å². The topological polar surface area (TPSA) is 49.4 Å². The number of anilines is 1. The lowest BCUT2D eigenvalue weighted by Gasteiger charge is -2.17. The molecule has 0 bridgehead atoms. The van der Waals surface area contributed by atoms with Crippen LogP contribution in [0.4, 0.5) is 5.69 Å². The molecule has 124 valence electrons. The summed E-state index contributed by atoms with van der Waals surface area (Å²) in [5.74, 6) is -0.0266. The zero-order valence-electron chi connectivity index (χ0n) is 13.5. The summed E-state index contributed by atoms with van der Waals surface area (Å²) in [6.07, 6.45) is 1.48. The molecule has 0 aliphatic carbocycles. The van der Waals surface area contributed by atoms with Gasteiger partial charge < -0.3 is 10.2 Å². The van der Waals surface area contributed by atoms with Crippen LogP contribution in [0, 0.1) is 0 Å². The number of nitrogens with zero attached hydrogens (tertiary/aromatic N) is 1. The Hall–Kier alpha value is -2.33. The molecular weight excluding hydrogens is 324 g/mol. The maximum atomic E-state index is 12.4. The van der Waals surface area contributed by atoms with Gasteiger partial charge in [-0.2, -0.15) is 0 Å². The molecule has 1 heterocycles. The van der Waals surface area contributed by atoms with Crippen LogP contribution in [0.2, 0.25) is 5.02 Å². The molecule has 0 aromatic heterocycles. The highest BCUT2D eigenvalue weighted by Crippen LogP contribution is 2.24. The molecule has 4 nitrogen and oxygen atoms in total. The monoisotopic (exact) mass is 342 g/mol. The number of benzene rings is 2. The molecule has 0 unspecified atom stereocenters. The number of amides is 2. The van der Waals surface area contributed by atoms with Gasteiger partial charge in [0.25, 0.3) is 5.91 Å². The van der Waals surface area contributed by atoms with Crippen LogP contribution in [0.1, 0.15) is 41.7 Å². The van der Waals surface area contributed by atoms with Gasteiger partial charge in [-0.1, -0.05) is 29.8 Å². The van der Waals surface area contributed by atoms with Crippen LogP contribution in [0.25, 0.3) is 0 Å². The first kappa shape index (κ1) is 16.5. The molecule has 3 rings (SSSR count). The Morgan fingerprint density at radius 3 is 2.50 bits per heavy atom. The normalized spacial score (nSPS) is 15.4. The molecule has 2 aromatic rings. The van der Waals surface area contributed by atoms with Crippen molar-refractivity contribution in [2.24, 2.45) is 0 Å². The standard InChI is InChI=1S/C19H19ClN2O2/c1-13(16-5-2-3-6-17(16)20)21-19(24)14-8-10-15(11-9-14)22-12-4-7-18(22)23/h2-3,5-6,8-11,13H,4,7,12H2,1H3,(H,21,24)/t13-/m0/s1. The zero-order valence-corrected chi connectivity index (χ0v) is 14.2. The first-order valence-electron chi connectivity index (χ1n) is 8.02. The van der Waals surface area contributed by atoms with Crippen molar-refractivity contribution in [3.05, 3.63) is 64.7 Å². The summed E-state index contributed by atoms with van der Waals surface area (Å²) < 4.78 is 0. The fourth-order valence-electron chi connectivity index (χ4n) is 2.90. The Kier molecular flexibility index (Phi) is 4.86. The van der Waals surface area contributed by atoms with E-state index >= 15 is 0 Å². The molecule has 2 aromatic carbocycles. The number of carbonyl (C=O) groups is 2. The quantitative estimate of drug-likeness (QED) is 0.914. The SMILES string of the molecule is C[C@H](NC(=O)c1ccc(N2CCCC2=O)cc1)c1ccccc1Cl. The lowest BCUT2D eigenvalue weighted by atomic mass is 10.1. The summed E-state index contributed by atoms with van der Waals surface area (Å²) in [5, 5.41) is 3.58. The third kappa shape index (κ3) is 3.44. The van der Waals surface area contributed by atoms with E-state index in [0.717, 1.165) is 24.2 Å². The van der Waals surface area contributed by atoms with Crippen LogP contribution >= 0.6 is 11.6 Å². The molecule has 0 spiro atoms. The smallest absolute Gasteiger partial charge is 0.251 e. The van der Waals surface area contributed by atoms with Gasteiger partial charge in [0.2, 0.25) is 5.91 Å². The molecule has 2 amide bonds. The number of carbonyl (C=O) groups excluding carboxylic acids is 2. The molecule has 1 N–H and O–H groups in total. The maximum Gasteiger partial charge on any atom is 0.251 e. The summed E-state index contributed by atoms with van der Waals surface area (Å²) in [5.41, 5.74) is 2.28.